The Morgan fingerprint density at radius 3 is 1.00 bits per heavy atom. The number of hydrogen-bond acceptors (Lipinski definition) is 0. The van der Waals surface area contributed by atoms with Gasteiger partial charge in [0.15, 0.2) is 0 Å². The molecule has 0 heterocycles. The van der Waals surface area contributed by atoms with Gasteiger partial charge >= 0.3 is 0 Å². The van der Waals surface area contributed by atoms with E-state index < -0.39 is 0 Å². The Morgan fingerprint density at radius 1 is 1.00 bits per heavy atom. The van der Waals surface area contributed by atoms with Gasteiger partial charge in [0, 0.05) is 70.4 Å². The fourth-order valence-corrected chi connectivity index (χ4v) is 0. The maximum absolute atomic E-state index is 0. The molecule has 0 N–H and O–H groups in total. The second-order valence-corrected chi connectivity index (χ2v) is 0. The van der Waals surface area contributed by atoms with Crippen molar-refractivity contribution in [1.82, 2.24) is 0 Å². The van der Waals surface area contributed by atoms with Crippen LogP contribution < -0.4 is 0 Å². The molecule has 0 aromatic carbocycles. The first-order valence-electron chi connectivity index (χ1n) is 0. The Hall–Kier alpha value is 2.29. The van der Waals surface area contributed by atoms with Crippen molar-refractivity contribution in [2.24, 2.45) is 0 Å². The van der Waals surface area contributed by atoms with Crippen LogP contribution in [-0.4, -0.2) is 37.7 Å². The molecule has 0 aliphatic carbocycles. The third kappa shape index (κ3) is 8.85. The van der Waals surface area contributed by atoms with E-state index >= 15 is 0 Å². The average molecular weight is 165 g/mol. The van der Waals surface area contributed by atoms with Crippen molar-refractivity contribution in [2.75, 3.05) is 0 Å². The fraction of sp³-hybridized carbons (Fsp3) is 1.00. The Labute approximate surface area is 81.0 Å². The van der Waals surface area contributed by atoms with Crippen molar-refractivity contribution in [3.63, 3.8) is 0 Å². The van der Waals surface area contributed by atoms with E-state index in [1.807, 2.05) is 0 Å². The van der Waals surface area contributed by atoms with Crippen LogP contribution in [0.4, 0.5) is 4.70 Å². The molecule has 0 aliphatic heterocycles. The second kappa shape index (κ2) is 18.6. The summed E-state index contributed by atoms with van der Waals surface area (Å²) < 4.78 is 0. The third-order valence-corrected chi connectivity index (χ3v) is 0. The zero-order valence-electron chi connectivity index (χ0n) is 1.69. The summed E-state index contributed by atoms with van der Waals surface area (Å²) in [5.41, 5.74) is 0. The standard InChI is InChI=1S/CH4.Ca.FH.Y/h1H4;;1H;. The van der Waals surface area contributed by atoms with Crippen LogP contribution in [0.5, 0.6) is 0 Å². The van der Waals surface area contributed by atoms with Gasteiger partial charge in [0.2, 0.25) is 0 Å². The zero-order chi connectivity index (χ0) is 0. The Kier molecular flexibility index (Phi) is 155. The summed E-state index contributed by atoms with van der Waals surface area (Å²) in [5.74, 6) is 0. The minimum Gasteiger partial charge on any atom is -0.269 e. The van der Waals surface area contributed by atoms with Crippen molar-refractivity contribution >= 4 is 37.7 Å². The van der Waals surface area contributed by atoms with Crippen LogP contribution in [0.1, 0.15) is 7.43 Å². The minimum absolute atomic E-state index is 0. The van der Waals surface area contributed by atoms with E-state index in [1.165, 1.54) is 0 Å². The second-order valence-electron chi connectivity index (χ2n) is 0. The summed E-state index contributed by atoms with van der Waals surface area (Å²) >= 11 is 0. The van der Waals surface area contributed by atoms with E-state index in [0.717, 1.165) is 0 Å². The molecule has 0 saturated heterocycles. The van der Waals surface area contributed by atoms with Gasteiger partial charge in [0.1, 0.15) is 0 Å². The molecule has 0 spiro atoms. The van der Waals surface area contributed by atoms with Crippen LogP contribution in [0.2, 0.25) is 0 Å². The summed E-state index contributed by atoms with van der Waals surface area (Å²) in [5, 5.41) is 0. The molecule has 3 radical (unpaired) electrons. The summed E-state index contributed by atoms with van der Waals surface area (Å²) in [6.07, 6.45) is 0. The molecule has 0 bridgehead atoms. The first-order chi connectivity index (χ1) is 0. The summed E-state index contributed by atoms with van der Waals surface area (Å²) in [6, 6.07) is 0. The van der Waals surface area contributed by atoms with Crippen LogP contribution in [0.15, 0.2) is 0 Å². The molecule has 3 heteroatoms. The monoisotopic (exact) mass is 165 g/mol. The van der Waals surface area contributed by atoms with Crippen LogP contribution >= 0.6 is 0 Å². The molecule has 0 saturated carbocycles. The zero-order valence-corrected chi connectivity index (χ0v) is 6.74. The minimum atomic E-state index is 0. The predicted octanol–water partition coefficient (Wildman–Crippen LogP) is 0.405. The van der Waals surface area contributed by atoms with E-state index in [1.54, 1.807) is 0 Å². The maximum atomic E-state index is 0. The van der Waals surface area contributed by atoms with E-state index in [-0.39, 0.29) is 82.6 Å². The van der Waals surface area contributed by atoms with E-state index in [9.17, 15) is 0 Å². The molecule has 4 heavy (non-hydrogen) atoms. The Bertz CT molecular complexity index is 8.00. The molecule has 0 aromatic heterocycles. The number of hydrogen-bond donors (Lipinski definition) is 0. The molecule has 0 atom stereocenters. The van der Waals surface area contributed by atoms with Crippen LogP contribution in [-0.2, 0) is 32.7 Å². The molecule has 0 aromatic rings. The quantitative estimate of drug-likeness (QED) is 0.456. The molecular weight excluding hydrogens is 160 g/mol. The smallest absolute Gasteiger partial charge is 0 e. The maximum Gasteiger partial charge on any atom is 0 e. The molecule has 0 fully saturated rings. The molecular formula is CH5CaFY. The van der Waals surface area contributed by atoms with Crippen LogP contribution in [0.25, 0.3) is 0 Å². The van der Waals surface area contributed by atoms with Crippen molar-refractivity contribution < 1.29 is 37.4 Å². The molecule has 0 aliphatic rings. The topological polar surface area (TPSA) is 0 Å². The van der Waals surface area contributed by atoms with Gasteiger partial charge < -0.3 is 0 Å². The van der Waals surface area contributed by atoms with Crippen molar-refractivity contribution in [3.8, 4) is 0 Å². The van der Waals surface area contributed by atoms with E-state index in [4.69, 9.17) is 0 Å². The molecule has 0 amide bonds. The van der Waals surface area contributed by atoms with Gasteiger partial charge in [-0.15, -0.1) is 0 Å². The van der Waals surface area contributed by atoms with Gasteiger partial charge in [-0.2, -0.15) is 0 Å². The van der Waals surface area contributed by atoms with E-state index in [2.05, 4.69) is 0 Å². The number of halogens is 1. The molecule has 0 rings (SSSR count). The van der Waals surface area contributed by atoms with Crippen LogP contribution in [0.3, 0.4) is 0 Å². The van der Waals surface area contributed by atoms with Crippen LogP contribution in [0, 0.1) is 0 Å². The van der Waals surface area contributed by atoms with Gasteiger partial charge in [0.25, 0.3) is 0 Å². The summed E-state index contributed by atoms with van der Waals surface area (Å²) in [6.45, 7) is 0. The third-order valence-electron chi connectivity index (χ3n) is 0. The number of rotatable bonds is 0. The van der Waals surface area contributed by atoms with Crippen molar-refractivity contribution in [2.45, 2.75) is 7.43 Å². The normalized spacial score (nSPS) is 0. The first-order valence-corrected chi connectivity index (χ1v) is 0. The Morgan fingerprint density at radius 2 is 1.00 bits per heavy atom. The summed E-state index contributed by atoms with van der Waals surface area (Å²) in [4.78, 5) is 0. The van der Waals surface area contributed by atoms with Crippen molar-refractivity contribution in [3.05, 3.63) is 0 Å². The predicted molar refractivity (Wildman–Crippen MR) is 15.0 cm³/mol. The van der Waals surface area contributed by atoms with Gasteiger partial charge in [-0.3, -0.25) is 4.70 Å². The molecule has 0 unspecified atom stereocenters. The SMILES string of the molecule is C.F.[Ca].[Y]. The first kappa shape index (κ1) is 33.5. The summed E-state index contributed by atoms with van der Waals surface area (Å²) in [7, 11) is 0. The molecule has 21 valence electrons. The largest absolute Gasteiger partial charge is 0.269 e. The van der Waals surface area contributed by atoms with Gasteiger partial charge in [-0.25, -0.2) is 0 Å². The Balaban J connectivity index is 0. The van der Waals surface area contributed by atoms with Gasteiger partial charge in [-0.1, -0.05) is 7.43 Å². The van der Waals surface area contributed by atoms with E-state index in [0.29, 0.717) is 0 Å². The molecule has 0 nitrogen and oxygen atoms in total. The fourth-order valence-electron chi connectivity index (χ4n) is 0. The van der Waals surface area contributed by atoms with Gasteiger partial charge in [0.05, 0.1) is 0 Å². The average Bonchev–Trinajstić information content (AvgIpc) is 0. The van der Waals surface area contributed by atoms with Crippen molar-refractivity contribution in [1.29, 1.82) is 0 Å². The van der Waals surface area contributed by atoms with Gasteiger partial charge in [-0.05, 0) is 0 Å².